The molecule has 1 atom stereocenters. The predicted molar refractivity (Wildman–Crippen MR) is 96.2 cm³/mol. The molecule has 0 saturated heterocycles. The maximum atomic E-state index is 12.7. The zero-order chi connectivity index (χ0) is 18.5. The van der Waals surface area contributed by atoms with E-state index < -0.39 is 4.92 Å². The minimum absolute atomic E-state index is 0.0154. The SMILES string of the molecule is Cc1noc(CC(CC(=O)c2ccccc2)c2ccccc2)c1[N+](=O)[O-]. The van der Waals surface area contributed by atoms with Crippen LogP contribution in [0, 0.1) is 17.0 Å². The number of rotatable bonds is 7. The summed E-state index contributed by atoms with van der Waals surface area (Å²) in [5.74, 6) is -0.0597. The summed E-state index contributed by atoms with van der Waals surface area (Å²) in [4.78, 5) is 23.5. The van der Waals surface area contributed by atoms with Crippen LogP contribution in [0.3, 0.4) is 0 Å². The van der Waals surface area contributed by atoms with Gasteiger partial charge in [-0.25, -0.2) is 0 Å². The van der Waals surface area contributed by atoms with E-state index in [-0.39, 0.29) is 41.7 Å². The molecule has 6 nitrogen and oxygen atoms in total. The third-order valence-electron chi connectivity index (χ3n) is 4.31. The van der Waals surface area contributed by atoms with Crippen LogP contribution in [0.25, 0.3) is 0 Å². The molecule has 0 spiro atoms. The lowest BCUT2D eigenvalue weighted by molar-refractivity contribution is -0.386. The number of aryl methyl sites for hydroxylation is 1. The van der Waals surface area contributed by atoms with E-state index in [4.69, 9.17) is 4.52 Å². The normalized spacial score (nSPS) is 11.9. The Kier molecular flexibility index (Phi) is 5.22. The highest BCUT2D eigenvalue weighted by Crippen LogP contribution is 2.31. The number of carbonyl (C=O) groups excluding carboxylic acids is 1. The first-order valence-electron chi connectivity index (χ1n) is 8.29. The fourth-order valence-electron chi connectivity index (χ4n) is 3.00. The molecule has 0 amide bonds. The number of hydrogen-bond acceptors (Lipinski definition) is 5. The largest absolute Gasteiger partial charge is 0.354 e. The van der Waals surface area contributed by atoms with E-state index >= 15 is 0 Å². The van der Waals surface area contributed by atoms with Crippen molar-refractivity contribution < 1.29 is 14.2 Å². The van der Waals surface area contributed by atoms with Crippen molar-refractivity contribution in [2.24, 2.45) is 0 Å². The number of nitrogens with zero attached hydrogens (tertiary/aromatic N) is 2. The molecule has 0 aliphatic carbocycles. The average molecular weight is 350 g/mol. The molecule has 1 aromatic heterocycles. The van der Waals surface area contributed by atoms with Gasteiger partial charge in [0, 0.05) is 18.4 Å². The van der Waals surface area contributed by atoms with Gasteiger partial charge in [-0.05, 0) is 18.4 Å². The van der Waals surface area contributed by atoms with E-state index in [1.165, 1.54) is 6.92 Å². The van der Waals surface area contributed by atoms with Crippen molar-refractivity contribution in [2.45, 2.75) is 25.7 Å². The highest BCUT2D eigenvalue weighted by Gasteiger charge is 2.28. The molecular weight excluding hydrogens is 332 g/mol. The number of Topliss-reactive ketones (excluding diaryl/α,β-unsaturated/α-hetero) is 1. The van der Waals surface area contributed by atoms with Crippen molar-refractivity contribution in [1.82, 2.24) is 5.16 Å². The second-order valence-electron chi connectivity index (χ2n) is 6.10. The summed E-state index contributed by atoms with van der Waals surface area (Å²) in [6.45, 7) is 1.54. The van der Waals surface area contributed by atoms with Gasteiger partial charge in [0.15, 0.2) is 11.5 Å². The molecule has 0 aliphatic rings. The van der Waals surface area contributed by atoms with E-state index in [1.54, 1.807) is 12.1 Å². The van der Waals surface area contributed by atoms with Gasteiger partial charge in [0.2, 0.25) is 5.76 Å². The van der Waals surface area contributed by atoms with Crippen LogP contribution in [0.1, 0.15) is 39.7 Å². The van der Waals surface area contributed by atoms with E-state index in [1.807, 2.05) is 48.5 Å². The maximum absolute atomic E-state index is 12.7. The van der Waals surface area contributed by atoms with Gasteiger partial charge in [-0.15, -0.1) is 0 Å². The zero-order valence-corrected chi connectivity index (χ0v) is 14.3. The molecule has 0 saturated carbocycles. The Morgan fingerprint density at radius 3 is 2.35 bits per heavy atom. The molecular formula is C20H18N2O4. The lowest BCUT2D eigenvalue weighted by atomic mass is 9.88. The molecule has 0 radical (unpaired) electrons. The summed E-state index contributed by atoms with van der Waals surface area (Å²) in [6.07, 6.45) is 0.463. The number of benzene rings is 2. The summed E-state index contributed by atoms with van der Waals surface area (Å²) < 4.78 is 5.19. The van der Waals surface area contributed by atoms with E-state index in [2.05, 4.69) is 5.16 Å². The Bertz CT molecular complexity index is 904. The van der Waals surface area contributed by atoms with Crippen LogP contribution in [0.2, 0.25) is 0 Å². The van der Waals surface area contributed by atoms with E-state index in [0.29, 0.717) is 5.56 Å². The first-order chi connectivity index (χ1) is 12.6. The standard InChI is InChI=1S/C20H18N2O4/c1-14-20(22(24)25)19(26-21-14)13-17(15-8-4-2-5-9-15)12-18(23)16-10-6-3-7-11-16/h2-11,17H,12-13H2,1H3. The zero-order valence-electron chi connectivity index (χ0n) is 14.3. The molecule has 1 unspecified atom stereocenters. The summed E-state index contributed by atoms with van der Waals surface area (Å²) >= 11 is 0. The Hall–Kier alpha value is -3.28. The molecule has 0 fully saturated rings. The smallest absolute Gasteiger partial charge is 0.334 e. The van der Waals surface area contributed by atoms with Gasteiger partial charge >= 0.3 is 5.69 Å². The summed E-state index contributed by atoms with van der Waals surface area (Å²) in [6, 6.07) is 18.5. The highest BCUT2D eigenvalue weighted by molar-refractivity contribution is 5.96. The summed E-state index contributed by atoms with van der Waals surface area (Å²) in [7, 11) is 0. The van der Waals surface area contributed by atoms with Gasteiger partial charge in [-0.3, -0.25) is 14.9 Å². The average Bonchev–Trinajstić information content (AvgIpc) is 3.03. The quantitative estimate of drug-likeness (QED) is 0.356. The van der Waals surface area contributed by atoms with Crippen LogP contribution < -0.4 is 0 Å². The van der Waals surface area contributed by atoms with Crippen molar-refractivity contribution in [3.05, 3.63) is 93.4 Å². The van der Waals surface area contributed by atoms with Gasteiger partial charge in [-0.2, -0.15) is 0 Å². The van der Waals surface area contributed by atoms with Crippen LogP contribution >= 0.6 is 0 Å². The Balaban J connectivity index is 1.90. The second-order valence-corrected chi connectivity index (χ2v) is 6.10. The van der Waals surface area contributed by atoms with Crippen molar-refractivity contribution in [2.75, 3.05) is 0 Å². The van der Waals surface area contributed by atoms with Gasteiger partial charge in [0.1, 0.15) is 0 Å². The molecule has 132 valence electrons. The third-order valence-corrected chi connectivity index (χ3v) is 4.31. The molecule has 0 bridgehead atoms. The molecule has 3 rings (SSSR count). The van der Waals surface area contributed by atoms with Crippen LogP contribution in [0.15, 0.2) is 65.2 Å². The number of nitro groups is 1. The lowest BCUT2D eigenvalue weighted by Crippen LogP contribution is -2.11. The fourth-order valence-corrected chi connectivity index (χ4v) is 3.00. The van der Waals surface area contributed by atoms with Crippen molar-refractivity contribution in [3.8, 4) is 0 Å². The maximum Gasteiger partial charge on any atom is 0.334 e. The van der Waals surface area contributed by atoms with Gasteiger partial charge < -0.3 is 4.52 Å². The molecule has 6 heteroatoms. The summed E-state index contributed by atoms with van der Waals surface area (Å²) in [5.41, 5.74) is 1.68. The van der Waals surface area contributed by atoms with Crippen LogP contribution in [-0.2, 0) is 6.42 Å². The molecule has 26 heavy (non-hydrogen) atoms. The van der Waals surface area contributed by atoms with Crippen molar-refractivity contribution >= 4 is 11.5 Å². The topological polar surface area (TPSA) is 86.2 Å². The van der Waals surface area contributed by atoms with Crippen LogP contribution in [0.5, 0.6) is 0 Å². The Morgan fingerprint density at radius 1 is 1.12 bits per heavy atom. The van der Waals surface area contributed by atoms with Gasteiger partial charge in [0.05, 0.1) is 4.92 Å². The Labute approximate surface area is 150 Å². The number of carbonyl (C=O) groups is 1. The van der Waals surface area contributed by atoms with Gasteiger partial charge in [0.25, 0.3) is 0 Å². The van der Waals surface area contributed by atoms with Crippen molar-refractivity contribution in [1.29, 1.82) is 0 Å². The molecule has 0 N–H and O–H groups in total. The fraction of sp³-hybridized carbons (Fsp3) is 0.200. The lowest BCUT2D eigenvalue weighted by Gasteiger charge is -2.15. The predicted octanol–water partition coefficient (Wildman–Crippen LogP) is 4.49. The second kappa shape index (κ2) is 7.74. The molecule has 2 aromatic carbocycles. The Morgan fingerprint density at radius 2 is 1.73 bits per heavy atom. The third kappa shape index (κ3) is 3.85. The summed E-state index contributed by atoms with van der Waals surface area (Å²) in [5, 5.41) is 15.0. The van der Waals surface area contributed by atoms with E-state index in [9.17, 15) is 14.9 Å². The van der Waals surface area contributed by atoms with Crippen LogP contribution in [-0.4, -0.2) is 15.9 Å². The number of hydrogen-bond donors (Lipinski definition) is 0. The number of ketones is 1. The molecule has 1 heterocycles. The van der Waals surface area contributed by atoms with Crippen LogP contribution in [0.4, 0.5) is 5.69 Å². The van der Waals surface area contributed by atoms with E-state index in [0.717, 1.165) is 5.56 Å². The minimum Gasteiger partial charge on any atom is -0.354 e. The monoisotopic (exact) mass is 350 g/mol. The van der Waals surface area contributed by atoms with Gasteiger partial charge in [-0.1, -0.05) is 65.8 Å². The molecule has 3 aromatic rings. The highest BCUT2D eigenvalue weighted by atomic mass is 16.6. The van der Waals surface area contributed by atoms with Crippen molar-refractivity contribution in [3.63, 3.8) is 0 Å². The number of aromatic nitrogens is 1. The minimum atomic E-state index is -0.484. The first-order valence-corrected chi connectivity index (χ1v) is 8.29. The molecule has 0 aliphatic heterocycles. The first kappa shape index (κ1) is 17.5.